The molecule has 0 bridgehead atoms. The first-order valence-electron chi connectivity index (χ1n) is 2.86. The summed E-state index contributed by atoms with van der Waals surface area (Å²) in [5.41, 5.74) is 1.32. The maximum absolute atomic E-state index is 7.00. The SMILES string of the molecule is CO.Cc1ccccc1.[HH]. The molecular formula is C8H14O. The van der Waals surface area contributed by atoms with Crippen molar-refractivity contribution in [2.75, 3.05) is 7.11 Å². The number of aryl methyl sites for hydroxylation is 1. The Hall–Kier alpha value is -0.820. The van der Waals surface area contributed by atoms with E-state index in [-0.39, 0.29) is 1.43 Å². The second kappa shape index (κ2) is 5.32. The molecule has 0 radical (unpaired) electrons. The molecule has 0 aliphatic carbocycles. The average molecular weight is 126 g/mol. The van der Waals surface area contributed by atoms with Crippen LogP contribution in [-0.2, 0) is 0 Å². The zero-order valence-electron chi connectivity index (χ0n) is 5.83. The lowest BCUT2D eigenvalue weighted by Crippen LogP contribution is -1.62. The van der Waals surface area contributed by atoms with Crippen molar-refractivity contribution in [3.8, 4) is 0 Å². The van der Waals surface area contributed by atoms with Crippen LogP contribution in [0.4, 0.5) is 0 Å². The van der Waals surface area contributed by atoms with Gasteiger partial charge in [0.1, 0.15) is 0 Å². The van der Waals surface area contributed by atoms with Crippen molar-refractivity contribution < 1.29 is 6.53 Å². The molecular weight excluding hydrogens is 112 g/mol. The summed E-state index contributed by atoms with van der Waals surface area (Å²) >= 11 is 0. The molecule has 1 N–H and O–H groups in total. The highest BCUT2D eigenvalue weighted by Crippen LogP contribution is 1.92. The van der Waals surface area contributed by atoms with Crippen LogP contribution in [0, 0.1) is 6.92 Å². The molecule has 0 fully saturated rings. The molecule has 1 aromatic rings. The largest absolute Gasteiger partial charge is 0.400 e. The van der Waals surface area contributed by atoms with Crippen LogP contribution in [0.1, 0.15) is 6.99 Å². The third-order valence-electron chi connectivity index (χ3n) is 0.940. The van der Waals surface area contributed by atoms with E-state index in [4.69, 9.17) is 5.11 Å². The summed E-state index contributed by atoms with van der Waals surface area (Å²) in [6.45, 7) is 2.08. The minimum atomic E-state index is 0. The molecule has 1 nitrogen and oxygen atoms in total. The van der Waals surface area contributed by atoms with Crippen LogP contribution in [0.3, 0.4) is 0 Å². The smallest absolute Gasteiger partial charge is 0.0319 e. The number of hydrogen-bond donors (Lipinski definition) is 1. The minimum Gasteiger partial charge on any atom is -0.400 e. The number of aliphatic hydroxyl groups is 1. The molecule has 0 heterocycles. The maximum atomic E-state index is 7.00. The van der Waals surface area contributed by atoms with Crippen molar-refractivity contribution >= 4 is 0 Å². The summed E-state index contributed by atoms with van der Waals surface area (Å²) in [5, 5.41) is 7.00. The van der Waals surface area contributed by atoms with Gasteiger partial charge in [0.05, 0.1) is 0 Å². The quantitative estimate of drug-likeness (QED) is 0.562. The first kappa shape index (κ1) is 8.18. The fourth-order valence-corrected chi connectivity index (χ4v) is 0.534. The minimum absolute atomic E-state index is 0. The van der Waals surface area contributed by atoms with E-state index in [1.807, 2.05) is 18.2 Å². The summed E-state index contributed by atoms with van der Waals surface area (Å²) < 4.78 is 0. The molecule has 1 heteroatoms. The maximum Gasteiger partial charge on any atom is 0.0319 e. The Morgan fingerprint density at radius 3 is 1.78 bits per heavy atom. The van der Waals surface area contributed by atoms with E-state index in [9.17, 15) is 0 Å². The molecule has 0 saturated carbocycles. The fraction of sp³-hybridized carbons (Fsp3) is 0.250. The van der Waals surface area contributed by atoms with Gasteiger partial charge in [0.25, 0.3) is 0 Å². The number of benzene rings is 1. The van der Waals surface area contributed by atoms with Crippen LogP contribution >= 0.6 is 0 Å². The van der Waals surface area contributed by atoms with Gasteiger partial charge in [0.2, 0.25) is 0 Å². The van der Waals surface area contributed by atoms with Crippen molar-refractivity contribution in [2.24, 2.45) is 0 Å². The molecule has 9 heavy (non-hydrogen) atoms. The molecule has 0 aliphatic heterocycles. The van der Waals surface area contributed by atoms with Crippen LogP contribution in [0.25, 0.3) is 0 Å². The fourth-order valence-electron chi connectivity index (χ4n) is 0.534. The Labute approximate surface area is 57.4 Å². The second-order valence-electron chi connectivity index (χ2n) is 1.65. The van der Waals surface area contributed by atoms with Crippen LogP contribution in [0.5, 0.6) is 0 Å². The van der Waals surface area contributed by atoms with Gasteiger partial charge >= 0.3 is 0 Å². The standard InChI is InChI=1S/C7H8.CH4O.H2/c1-7-5-3-2-4-6-7;1-2;/h2-6H,1H3;2H,1H3;1H. The van der Waals surface area contributed by atoms with Gasteiger partial charge in [-0.05, 0) is 6.92 Å². The Kier molecular flexibility index (Phi) is 4.83. The highest BCUT2D eigenvalue weighted by molar-refractivity contribution is 5.11. The van der Waals surface area contributed by atoms with Gasteiger partial charge in [-0.1, -0.05) is 35.9 Å². The molecule has 0 amide bonds. The van der Waals surface area contributed by atoms with Gasteiger partial charge in [0.15, 0.2) is 0 Å². The van der Waals surface area contributed by atoms with Gasteiger partial charge in [-0.3, -0.25) is 0 Å². The van der Waals surface area contributed by atoms with Gasteiger partial charge in [-0.15, -0.1) is 0 Å². The number of aliphatic hydroxyl groups excluding tert-OH is 1. The zero-order chi connectivity index (χ0) is 7.11. The van der Waals surface area contributed by atoms with E-state index in [1.165, 1.54) is 5.56 Å². The van der Waals surface area contributed by atoms with Crippen molar-refractivity contribution in [3.05, 3.63) is 35.9 Å². The predicted octanol–water partition coefficient (Wildman–Crippen LogP) is 1.85. The molecule has 0 saturated heterocycles. The monoisotopic (exact) mass is 126 g/mol. The zero-order valence-corrected chi connectivity index (χ0v) is 5.83. The van der Waals surface area contributed by atoms with Crippen molar-refractivity contribution in [2.45, 2.75) is 6.92 Å². The van der Waals surface area contributed by atoms with Crippen LogP contribution in [-0.4, -0.2) is 12.2 Å². The van der Waals surface area contributed by atoms with E-state index >= 15 is 0 Å². The number of hydrogen-bond acceptors (Lipinski definition) is 1. The molecule has 0 aromatic heterocycles. The first-order valence-corrected chi connectivity index (χ1v) is 2.86. The van der Waals surface area contributed by atoms with Crippen LogP contribution < -0.4 is 0 Å². The normalized spacial score (nSPS) is 7.44. The predicted molar refractivity (Wildman–Crippen MR) is 41.4 cm³/mol. The molecule has 1 rings (SSSR count). The molecule has 0 spiro atoms. The third-order valence-corrected chi connectivity index (χ3v) is 0.940. The summed E-state index contributed by atoms with van der Waals surface area (Å²) in [6, 6.07) is 10.3. The first-order chi connectivity index (χ1) is 4.39. The van der Waals surface area contributed by atoms with Gasteiger partial charge < -0.3 is 5.11 Å². The molecule has 0 aliphatic rings. The summed E-state index contributed by atoms with van der Waals surface area (Å²) in [5.74, 6) is 0. The Morgan fingerprint density at radius 1 is 1.11 bits per heavy atom. The van der Waals surface area contributed by atoms with Crippen molar-refractivity contribution in [1.29, 1.82) is 0 Å². The Balaban J connectivity index is 0. The highest BCUT2D eigenvalue weighted by atomic mass is 16.2. The molecule has 0 atom stereocenters. The van der Waals surface area contributed by atoms with E-state index in [2.05, 4.69) is 19.1 Å². The van der Waals surface area contributed by atoms with E-state index in [1.54, 1.807) is 0 Å². The van der Waals surface area contributed by atoms with Crippen molar-refractivity contribution in [3.63, 3.8) is 0 Å². The molecule has 1 aromatic carbocycles. The van der Waals surface area contributed by atoms with Gasteiger partial charge in [0, 0.05) is 8.54 Å². The van der Waals surface area contributed by atoms with Gasteiger partial charge in [-0.25, -0.2) is 0 Å². The lowest BCUT2D eigenvalue weighted by atomic mass is 10.2. The Morgan fingerprint density at radius 2 is 1.56 bits per heavy atom. The summed E-state index contributed by atoms with van der Waals surface area (Å²) in [7, 11) is 1.00. The third kappa shape index (κ3) is 3.74. The lowest BCUT2D eigenvalue weighted by molar-refractivity contribution is 0.399. The molecule has 52 valence electrons. The highest BCUT2D eigenvalue weighted by Gasteiger charge is 1.72. The molecule has 0 unspecified atom stereocenters. The van der Waals surface area contributed by atoms with Gasteiger partial charge in [-0.2, -0.15) is 0 Å². The second-order valence-corrected chi connectivity index (χ2v) is 1.65. The van der Waals surface area contributed by atoms with E-state index in [0.717, 1.165) is 7.11 Å². The topological polar surface area (TPSA) is 20.2 Å². The summed E-state index contributed by atoms with van der Waals surface area (Å²) in [6.07, 6.45) is 0. The van der Waals surface area contributed by atoms with Crippen LogP contribution in [0.2, 0.25) is 0 Å². The summed E-state index contributed by atoms with van der Waals surface area (Å²) in [4.78, 5) is 0. The van der Waals surface area contributed by atoms with Crippen molar-refractivity contribution in [1.82, 2.24) is 0 Å². The number of rotatable bonds is 0. The van der Waals surface area contributed by atoms with E-state index in [0.29, 0.717) is 0 Å². The Bertz CT molecular complexity index is 139. The van der Waals surface area contributed by atoms with Crippen LogP contribution in [0.15, 0.2) is 30.3 Å². The average Bonchev–Trinajstić information content (AvgIpc) is 1.94. The van der Waals surface area contributed by atoms with E-state index < -0.39 is 0 Å². The lowest BCUT2D eigenvalue weighted by Gasteiger charge is -1.82.